The molecular formula is C19H28N4O. The van der Waals surface area contributed by atoms with Crippen molar-refractivity contribution in [3.05, 3.63) is 41.0 Å². The summed E-state index contributed by atoms with van der Waals surface area (Å²) in [5.41, 5.74) is 4.05. The molecule has 1 saturated heterocycles. The Balaban J connectivity index is 1.43. The van der Waals surface area contributed by atoms with Crippen LogP contribution in [0.5, 0.6) is 0 Å². The highest BCUT2D eigenvalue weighted by Gasteiger charge is 2.19. The molecule has 0 radical (unpaired) electrons. The van der Waals surface area contributed by atoms with Gasteiger partial charge in [-0.1, -0.05) is 18.1 Å². The molecule has 1 N–H and O–H groups in total. The van der Waals surface area contributed by atoms with Crippen LogP contribution in [0.2, 0.25) is 0 Å². The Hall–Kier alpha value is -1.88. The zero-order chi connectivity index (χ0) is 16.9. The van der Waals surface area contributed by atoms with Crippen molar-refractivity contribution in [3.8, 4) is 0 Å². The Kier molecular flexibility index (Phi) is 5.51. The number of nitrogens with one attached hydrogen (secondary N) is 1. The van der Waals surface area contributed by atoms with E-state index in [1.165, 1.54) is 29.7 Å². The average Bonchev–Trinajstić information content (AvgIpc) is 3.03. The van der Waals surface area contributed by atoms with E-state index in [0.717, 1.165) is 44.2 Å². The summed E-state index contributed by atoms with van der Waals surface area (Å²) in [7, 11) is 0. The second kappa shape index (κ2) is 7.79. The number of aromatic nitrogens is 2. The van der Waals surface area contributed by atoms with Gasteiger partial charge >= 0.3 is 0 Å². The summed E-state index contributed by atoms with van der Waals surface area (Å²) in [6.45, 7) is 9.51. The zero-order valence-electron chi connectivity index (χ0n) is 15.0. The fourth-order valence-electron chi connectivity index (χ4n) is 3.40. The van der Waals surface area contributed by atoms with E-state index in [0.29, 0.717) is 6.04 Å². The molecular weight excluding hydrogens is 300 g/mol. The first-order valence-electron chi connectivity index (χ1n) is 9.02. The molecule has 0 saturated carbocycles. The number of rotatable bonds is 6. The molecule has 1 aromatic carbocycles. The lowest BCUT2D eigenvalue weighted by Gasteiger charge is -2.34. The van der Waals surface area contributed by atoms with Gasteiger partial charge in [-0.3, -0.25) is 0 Å². The molecule has 0 amide bonds. The van der Waals surface area contributed by atoms with Gasteiger partial charge in [0, 0.05) is 44.2 Å². The number of benzene rings is 1. The number of anilines is 1. The standard InChI is InChI=1S/C19H28N4O/c1-4-19-21-18(22-24-19)5-8-20-16-6-9-23(10-7-16)17-12-14(2)11-15(3)13-17/h11-13,16,20H,4-10H2,1-3H3. The molecule has 5 heteroatoms. The third kappa shape index (κ3) is 4.35. The Bertz CT molecular complexity index is 639. The van der Waals surface area contributed by atoms with E-state index in [4.69, 9.17) is 4.52 Å². The van der Waals surface area contributed by atoms with Crippen LogP contribution in [0.1, 0.15) is 42.6 Å². The predicted molar refractivity (Wildman–Crippen MR) is 96.5 cm³/mol. The van der Waals surface area contributed by atoms with Crippen molar-refractivity contribution in [1.29, 1.82) is 0 Å². The van der Waals surface area contributed by atoms with Gasteiger partial charge in [0.05, 0.1) is 0 Å². The Morgan fingerprint density at radius 1 is 1.17 bits per heavy atom. The quantitative estimate of drug-likeness (QED) is 0.883. The van der Waals surface area contributed by atoms with Crippen molar-refractivity contribution < 1.29 is 4.52 Å². The van der Waals surface area contributed by atoms with E-state index in [2.05, 4.69) is 52.4 Å². The van der Waals surface area contributed by atoms with Crippen LogP contribution in [0.25, 0.3) is 0 Å². The lowest BCUT2D eigenvalue weighted by molar-refractivity contribution is 0.374. The highest BCUT2D eigenvalue weighted by molar-refractivity contribution is 5.51. The van der Waals surface area contributed by atoms with Crippen LogP contribution in [-0.4, -0.2) is 35.8 Å². The van der Waals surface area contributed by atoms with Crippen LogP contribution < -0.4 is 10.2 Å². The van der Waals surface area contributed by atoms with Gasteiger partial charge in [0.25, 0.3) is 0 Å². The van der Waals surface area contributed by atoms with Gasteiger partial charge in [0.1, 0.15) is 0 Å². The molecule has 1 fully saturated rings. The van der Waals surface area contributed by atoms with Gasteiger partial charge in [0.2, 0.25) is 5.89 Å². The predicted octanol–water partition coefficient (Wildman–Crippen LogP) is 3.05. The summed E-state index contributed by atoms with van der Waals surface area (Å²) in [6, 6.07) is 7.41. The van der Waals surface area contributed by atoms with Gasteiger partial charge in [-0.05, 0) is 49.9 Å². The first kappa shape index (κ1) is 17.0. The highest BCUT2D eigenvalue weighted by Crippen LogP contribution is 2.22. The number of nitrogens with zero attached hydrogens (tertiary/aromatic N) is 3. The fraction of sp³-hybridized carbons (Fsp3) is 0.579. The van der Waals surface area contributed by atoms with Gasteiger partial charge < -0.3 is 14.7 Å². The van der Waals surface area contributed by atoms with Crippen LogP contribution >= 0.6 is 0 Å². The minimum atomic E-state index is 0.588. The van der Waals surface area contributed by atoms with E-state index in [1.54, 1.807) is 0 Å². The number of aryl methyl sites for hydroxylation is 3. The van der Waals surface area contributed by atoms with E-state index in [1.807, 2.05) is 6.92 Å². The van der Waals surface area contributed by atoms with Gasteiger partial charge in [-0.2, -0.15) is 4.98 Å². The molecule has 1 aliphatic rings. The van der Waals surface area contributed by atoms with Crippen molar-refractivity contribution in [2.45, 2.75) is 52.5 Å². The van der Waals surface area contributed by atoms with Gasteiger partial charge in [0.15, 0.2) is 5.82 Å². The van der Waals surface area contributed by atoms with E-state index in [9.17, 15) is 0 Å². The van der Waals surface area contributed by atoms with Crippen LogP contribution in [0.3, 0.4) is 0 Å². The molecule has 2 aromatic rings. The first-order chi connectivity index (χ1) is 11.6. The maximum Gasteiger partial charge on any atom is 0.226 e. The summed E-state index contributed by atoms with van der Waals surface area (Å²) >= 11 is 0. The third-order valence-electron chi connectivity index (χ3n) is 4.66. The highest BCUT2D eigenvalue weighted by atomic mass is 16.5. The van der Waals surface area contributed by atoms with Gasteiger partial charge in [-0.15, -0.1) is 0 Å². The maximum atomic E-state index is 5.14. The summed E-state index contributed by atoms with van der Waals surface area (Å²) in [6.07, 6.45) is 4.00. The molecule has 3 rings (SSSR count). The lowest BCUT2D eigenvalue weighted by Crippen LogP contribution is -2.43. The zero-order valence-corrected chi connectivity index (χ0v) is 15.0. The number of hydrogen-bond acceptors (Lipinski definition) is 5. The molecule has 0 aliphatic carbocycles. The Morgan fingerprint density at radius 2 is 1.88 bits per heavy atom. The molecule has 1 aliphatic heterocycles. The molecule has 130 valence electrons. The largest absolute Gasteiger partial charge is 0.371 e. The second-order valence-corrected chi connectivity index (χ2v) is 6.77. The molecule has 1 aromatic heterocycles. The minimum absolute atomic E-state index is 0.588. The lowest BCUT2D eigenvalue weighted by atomic mass is 10.0. The molecule has 0 unspecified atom stereocenters. The van der Waals surface area contributed by atoms with Crippen molar-refractivity contribution >= 4 is 5.69 Å². The van der Waals surface area contributed by atoms with Crippen LogP contribution in [0.15, 0.2) is 22.7 Å². The Labute approximate surface area is 144 Å². The summed E-state index contributed by atoms with van der Waals surface area (Å²) in [5.74, 6) is 1.54. The maximum absolute atomic E-state index is 5.14. The normalized spacial score (nSPS) is 15.9. The molecule has 24 heavy (non-hydrogen) atoms. The third-order valence-corrected chi connectivity index (χ3v) is 4.66. The van der Waals surface area contributed by atoms with Crippen molar-refractivity contribution in [2.24, 2.45) is 0 Å². The molecule has 5 nitrogen and oxygen atoms in total. The van der Waals surface area contributed by atoms with Crippen molar-refractivity contribution in [2.75, 3.05) is 24.5 Å². The van der Waals surface area contributed by atoms with E-state index < -0.39 is 0 Å². The summed E-state index contributed by atoms with van der Waals surface area (Å²) < 4.78 is 5.14. The second-order valence-electron chi connectivity index (χ2n) is 6.77. The topological polar surface area (TPSA) is 54.2 Å². The molecule has 0 atom stereocenters. The van der Waals surface area contributed by atoms with E-state index in [-0.39, 0.29) is 0 Å². The van der Waals surface area contributed by atoms with Crippen LogP contribution in [-0.2, 0) is 12.8 Å². The number of piperidine rings is 1. The smallest absolute Gasteiger partial charge is 0.226 e. The van der Waals surface area contributed by atoms with Gasteiger partial charge in [-0.25, -0.2) is 0 Å². The Morgan fingerprint density at radius 3 is 2.50 bits per heavy atom. The SMILES string of the molecule is CCc1nc(CCNC2CCN(c3cc(C)cc(C)c3)CC2)no1. The minimum Gasteiger partial charge on any atom is -0.371 e. The first-order valence-corrected chi connectivity index (χ1v) is 9.02. The summed E-state index contributed by atoms with van der Waals surface area (Å²) in [4.78, 5) is 6.86. The molecule has 2 heterocycles. The molecule has 0 spiro atoms. The van der Waals surface area contributed by atoms with Crippen LogP contribution in [0.4, 0.5) is 5.69 Å². The molecule has 0 bridgehead atoms. The number of hydrogen-bond donors (Lipinski definition) is 1. The van der Waals surface area contributed by atoms with Crippen molar-refractivity contribution in [1.82, 2.24) is 15.5 Å². The summed E-state index contributed by atoms with van der Waals surface area (Å²) in [5, 5.41) is 7.65. The van der Waals surface area contributed by atoms with Crippen molar-refractivity contribution in [3.63, 3.8) is 0 Å². The average molecular weight is 328 g/mol. The monoisotopic (exact) mass is 328 g/mol. The fourth-order valence-corrected chi connectivity index (χ4v) is 3.40. The van der Waals surface area contributed by atoms with E-state index >= 15 is 0 Å². The van der Waals surface area contributed by atoms with Crippen LogP contribution in [0, 0.1) is 13.8 Å².